The van der Waals surface area contributed by atoms with Gasteiger partial charge >= 0.3 is 0 Å². The van der Waals surface area contributed by atoms with Crippen LogP contribution in [0.2, 0.25) is 0 Å². The molecule has 2 aliphatic rings. The van der Waals surface area contributed by atoms with Crippen LogP contribution in [0.3, 0.4) is 0 Å². The number of carbonyl (C=O) groups excluding carboxylic acids is 3. The highest BCUT2D eigenvalue weighted by Crippen LogP contribution is 2.26. The third kappa shape index (κ3) is 3.18. The van der Waals surface area contributed by atoms with Gasteiger partial charge < -0.3 is 9.80 Å². The number of ketones is 1. The fourth-order valence-corrected chi connectivity index (χ4v) is 3.54. The normalized spacial score (nSPS) is 23.3. The van der Waals surface area contributed by atoms with Crippen LogP contribution in [0, 0.1) is 5.82 Å². The van der Waals surface area contributed by atoms with Gasteiger partial charge in [0.05, 0.1) is 0 Å². The van der Waals surface area contributed by atoms with Gasteiger partial charge in [-0.15, -0.1) is 0 Å². The Hall–Kier alpha value is -2.24. The zero-order chi connectivity index (χ0) is 17.3. The standard InChI is InChI=1S/C18H21FN2O3/c1-12-18(24)20-10-2-3-15(20)11-21(12)17(23)9-8-16(22)13-4-6-14(19)7-5-13/h4-7,12,15H,2-3,8-11H2,1H3/t12-,15-/m0/s1. The van der Waals surface area contributed by atoms with Crippen LogP contribution in [0.15, 0.2) is 24.3 Å². The lowest BCUT2D eigenvalue weighted by molar-refractivity contribution is -0.152. The summed E-state index contributed by atoms with van der Waals surface area (Å²) in [6.45, 7) is 3.08. The number of hydrogen-bond donors (Lipinski definition) is 0. The summed E-state index contributed by atoms with van der Waals surface area (Å²) in [4.78, 5) is 40.4. The summed E-state index contributed by atoms with van der Waals surface area (Å²) < 4.78 is 12.9. The molecule has 24 heavy (non-hydrogen) atoms. The Kier molecular flexibility index (Phi) is 4.64. The molecule has 0 N–H and O–H groups in total. The predicted molar refractivity (Wildman–Crippen MR) is 85.9 cm³/mol. The molecule has 2 fully saturated rings. The molecule has 2 aliphatic heterocycles. The first-order valence-electron chi connectivity index (χ1n) is 8.36. The van der Waals surface area contributed by atoms with Crippen molar-refractivity contribution >= 4 is 17.6 Å². The summed E-state index contributed by atoms with van der Waals surface area (Å²) in [5, 5.41) is 0. The smallest absolute Gasteiger partial charge is 0.245 e. The fraction of sp³-hybridized carbons (Fsp3) is 0.500. The Morgan fingerprint density at radius 1 is 1.21 bits per heavy atom. The molecular formula is C18H21FN2O3. The van der Waals surface area contributed by atoms with Gasteiger partial charge in [-0.25, -0.2) is 4.39 Å². The molecule has 2 atom stereocenters. The van der Waals surface area contributed by atoms with Crippen molar-refractivity contribution < 1.29 is 18.8 Å². The fourth-order valence-electron chi connectivity index (χ4n) is 3.54. The minimum absolute atomic E-state index is 0.00182. The molecule has 0 spiro atoms. The molecule has 1 aromatic rings. The lowest BCUT2D eigenvalue weighted by atomic mass is 10.0. The van der Waals surface area contributed by atoms with Crippen LogP contribution in [0.4, 0.5) is 4.39 Å². The van der Waals surface area contributed by atoms with E-state index in [2.05, 4.69) is 0 Å². The Bertz CT molecular complexity index is 659. The topological polar surface area (TPSA) is 57.7 Å². The van der Waals surface area contributed by atoms with Crippen molar-refractivity contribution in [1.29, 1.82) is 0 Å². The number of nitrogens with zero attached hydrogens (tertiary/aromatic N) is 2. The van der Waals surface area contributed by atoms with Gasteiger partial charge in [-0.3, -0.25) is 14.4 Å². The van der Waals surface area contributed by atoms with Gasteiger partial charge in [-0.2, -0.15) is 0 Å². The predicted octanol–water partition coefficient (Wildman–Crippen LogP) is 2.01. The first kappa shape index (κ1) is 16.6. The molecule has 3 rings (SSSR count). The van der Waals surface area contributed by atoms with Crippen LogP contribution >= 0.6 is 0 Å². The highest BCUT2D eigenvalue weighted by Gasteiger charge is 2.41. The van der Waals surface area contributed by atoms with E-state index in [0.717, 1.165) is 19.4 Å². The average molecular weight is 332 g/mol. The molecule has 0 radical (unpaired) electrons. The van der Waals surface area contributed by atoms with Gasteiger partial charge in [0, 0.05) is 37.5 Å². The number of Topliss-reactive ketones (excluding diaryl/α,β-unsaturated/α-hetero) is 1. The lowest BCUT2D eigenvalue weighted by Crippen LogP contribution is -2.60. The molecule has 0 saturated carbocycles. The molecule has 0 aliphatic carbocycles. The number of benzene rings is 1. The van der Waals surface area contributed by atoms with Gasteiger partial charge in [-0.1, -0.05) is 0 Å². The van der Waals surface area contributed by atoms with Gasteiger partial charge in [0.2, 0.25) is 11.8 Å². The number of rotatable bonds is 4. The van der Waals surface area contributed by atoms with Crippen LogP contribution < -0.4 is 0 Å². The quantitative estimate of drug-likeness (QED) is 0.793. The van der Waals surface area contributed by atoms with E-state index in [1.54, 1.807) is 11.8 Å². The summed E-state index contributed by atoms with van der Waals surface area (Å²) in [7, 11) is 0. The summed E-state index contributed by atoms with van der Waals surface area (Å²) in [6, 6.07) is 4.96. The summed E-state index contributed by atoms with van der Waals surface area (Å²) in [5.41, 5.74) is 0.397. The van der Waals surface area contributed by atoms with E-state index in [0.29, 0.717) is 12.1 Å². The highest BCUT2D eigenvalue weighted by atomic mass is 19.1. The van der Waals surface area contributed by atoms with Gasteiger partial charge in [0.25, 0.3) is 0 Å². The van der Waals surface area contributed by atoms with E-state index >= 15 is 0 Å². The van der Waals surface area contributed by atoms with Crippen LogP contribution in [0.1, 0.15) is 43.0 Å². The second kappa shape index (κ2) is 6.71. The first-order chi connectivity index (χ1) is 11.5. The van der Waals surface area contributed by atoms with E-state index in [9.17, 15) is 18.8 Å². The largest absolute Gasteiger partial charge is 0.336 e. The zero-order valence-electron chi connectivity index (χ0n) is 13.7. The van der Waals surface area contributed by atoms with Gasteiger partial charge in [0.1, 0.15) is 11.9 Å². The Balaban J connectivity index is 1.59. The summed E-state index contributed by atoms with van der Waals surface area (Å²) >= 11 is 0. The summed E-state index contributed by atoms with van der Waals surface area (Å²) in [6.07, 6.45) is 2.04. The molecule has 5 nitrogen and oxygen atoms in total. The van der Waals surface area contributed by atoms with Gasteiger partial charge in [0.15, 0.2) is 5.78 Å². The molecule has 2 saturated heterocycles. The molecule has 0 unspecified atom stereocenters. The maximum Gasteiger partial charge on any atom is 0.245 e. The number of piperazine rings is 1. The third-order valence-electron chi connectivity index (χ3n) is 4.95. The van der Waals surface area contributed by atoms with Crippen molar-refractivity contribution in [3.63, 3.8) is 0 Å². The molecule has 2 heterocycles. The van der Waals surface area contributed by atoms with E-state index in [1.165, 1.54) is 24.3 Å². The summed E-state index contributed by atoms with van der Waals surface area (Å²) in [5.74, 6) is -0.758. The van der Waals surface area contributed by atoms with Crippen molar-refractivity contribution in [2.24, 2.45) is 0 Å². The Morgan fingerprint density at radius 3 is 2.62 bits per heavy atom. The van der Waals surface area contributed by atoms with Crippen molar-refractivity contribution in [2.75, 3.05) is 13.1 Å². The van der Waals surface area contributed by atoms with Crippen molar-refractivity contribution in [3.8, 4) is 0 Å². The van der Waals surface area contributed by atoms with E-state index < -0.39 is 11.9 Å². The molecule has 0 aromatic heterocycles. The SMILES string of the molecule is C[C@H]1C(=O)N2CCC[C@H]2CN1C(=O)CCC(=O)c1ccc(F)cc1. The van der Waals surface area contributed by atoms with E-state index in [-0.39, 0.29) is 36.5 Å². The van der Waals surface area contributed by atoms with Crippen LogP contribution in [-0.4, -0.2) is 52.6 Å². The molecule has 6 heteroatoms. The second-order valence-electron chi connectivity index (χ2n) is 6.48. The number of fused-ring (bicyclic) bond motifs is 1. The molecule has 1 aromatic carbocycles. The van der Waals surface area contributed by atoms with Crippen LogP contribution in [0.5, 0.6) is 0 Å². The van der Waals surface area contributed by atoms with Gasteiger partial charge in [-0.05, 0) is 44.0 Å². The number of hydrogen-bond acceptors (Lipinski definition) is 3. The maximum atomic E-state index is 12.9. The second-order valence-corrected chi connectivity index (χ2v) is 6.48. The van der Waals surface area contributed by atoms with Crippen molar-refractivity contribution in [3.05, 3.63) is 35.6 Å². The van der Waals surface area contributed by atoms with E-state index in [1.807, 2.05) is 4.90 Å². The van der Waals surface area contributed by atoms with Crippen LogP contribution in [-0.2, 0) is 9.59 Å². The zero-order valence-corrected chi connectivity index (χ0v) is 13.7. The molecule has 0 bridgehead atoms. The Morgan fingerprint density at radius 2 is 1.92 bits per heavy atom. The van der Waals surface area contributed by atoms with Crippen molar-refractivity contribution in [2.45, 2.75) is 44.7 Å². The highest BCUT2D eigenvalue weighted by molar-refractivity contribution is 5.98. The number of amides is 2. The first-order valence-corrected chi connectivity index (χ1v) is 8.36. The number of carbonyl (C=O) groups is 3. The minimum Gasteiger partial charge on any atom is -0.336 e. The van der Waals surface area contributed by atoms with Crippen molar-refractivity contribution in [1.82, 2.24) is 9.80 Å². The third-order valence-corrected chi connectivity index (χ3v) is 4.95. The van der Waals surface area contributed by atoms with E-state index in [4.69, 9.17) is 0 Å². The maximum absolute atomic E-state index is 12.9. The van der Waals surface area contributed by atoms with Crippen LogP contribution in [0.25, 0.3) is 0 Å². The molecular weight excluding hydrogens is 311 g/mol. The lowest BCUT2D eigenvalue weighted by Gasteiger charge is -2.41. The minimum atomic E-state index is -0.465. The molecule has 2 amide bonds. The number of halogens is 1. The Labute approximate surface area is 140 Å². The molecule has 128 valence electrons. The average Bonchev–Trinajstić information content (AvgIpc) is 3.05. The monoisotopic (exact) mass is 332 g/mol.